The molecule has 0 bridgehead atoms. The fraction of sp³-hybridized carbons (Fsp3) is 0.150. The Kier molecular flexibility index (Phi) is 4.70. The Morgan fingerprint density at radius 1 is 1.11 bits per heavy atom. The Labute approximate surface area is 164 Å². The molecule has 0 radical (unpaired) electrons. The zero-order valence-electron chi connectivity index (χ0n) is 14.8. The fourth-order valence-electron chi connectivity index (χ4n) is 3.23. The van der Waals surface area contributed by atoms with Crippen molar-refractivity contribution in [1.29, 1.82) is 0 Å². The highest BCUT2D eigenvalue weighted by Crippen LogP contribution is 2.26. The molecule has 8 heteroatoms. The van der Waals surface area contributed by atoms with Gasteiger partial charge in [-0.25, -0.2) is 4.79 Å². The van der Waals surface area contributed by atoms with Gasteiger partial charge in [0.1, 0.15) is 6.10 Å². The van der Waals surface area contributed by atoms with Crippen LogP contribution >= 0.6 is 11.3 Å². The van der Waals surface area contributed by atoms with Crippen LogP contribution in [0, 0.1) is 0 Å². The second-order valence-electron chi connectivity index (χ2n) is 6.38. The van der Waals surface area contributed by atoms with Gasteiger partial charge >= 0.3 is 6.09 Å². The summed E-state index contributed by atoms with van der Waals surface area (Å²) in [5.74, 6) is -0.474. The Morgan fingerprint density at radius 2 is 1.86 bits per heavy atom. The number of hydrogen-bond acceptors (Lipinski definition) is 5. The first kappa shape index (κ1) is 18.0. The molecule has 1 aromatic carbocycles. The number of pyridine rings is 1. The molecule has 1 unspecified atom stereocenters. The summed E-state index contributed by atoms with van der Waals surface area (Å²) in [7, 11) is 0. The van der Waals surface area contributed by atoms with Crippen LogP contribution in [-0.4, -0.2) is 29.2 Å². The van der Waals surface area contributed by atoms with Gasteiger partial charge in [-0.2, -0.15) is 0 Å². The Balaban J connectivity index is 1.50. The summed E-state index contributed by atoms with van der Waals surface area (Å²) < 4.78 is 6.98. The van der Waals surface area contributed by atoms with Crippen molar-refractivity contribution in [2.24, 2.45) is 5.73 Å². The summed E-state index contributed by atoms with van der Waals surface area (Å²) in [5, 5.41) is 1.80. The first-order valence-electron chi connectivity index (χ1n) is 8.65. The lowest BCUT2D eigenvalue weighted by Gasteiger charge is -2.14. The van der Waals surface area contributed by atoms with E-state index in [1.165, 1.54) is 22.0 Å². The highest BCUT2D eigenvalue weighted by Gasteiger charge is 2.33. The summed E-state index contributed by atoms with van der Waals surface area (Å²) in [6, 6.07) is 13.9. The summed E-state index contributed by atoms with van der Waals surface area (Å²) in [5.41, 5.74) is 7.43. The van der Waals surface area contributed by atoms with Crippen molar-refractivity contribution >= 4 is 29.0 Å². The molecule has 3 heterocycles. The SMILES string of the molecule is NC(=O)c1sccc1CC1CN(c2ccc(-n3ccccc3=O)cc2)C(=O)O1. The number of carbonyl (C=O) groups excluding carboxylic acids is 2. The summed E-state index contributed by atoms with van der Waals surface area (Å²) in [6.07, 6.45) is 1.32. The van der Waals surface area contributed by atoms with Crippen molar-refractivity contribution in [3.8, 4) is 5.69 Å². The minimum atomic E-state index is -0.474. The van der Waals surface area contributed by atoms with Crippen molar-refractivity contribution in [3.05, 3.63) is 80.9 Å². The second-order valence-corrected chi connectivity index (χ2v) is 7.30. The highest BCUT2D eigenvalue weighted by atomic mass is 32.1. The topological polar surface area (TPSA) is 94.6 Å². The van der Waals surface area contributed by atoms with Gasteiger partial charge in [0, 0.05) is 30.1 Å². The molecular formula is C20H17N3O4S. The second kappa shape index (κ2) is 7.32. The maximum Gasteiger partial charge on any atom is 0.414 e. The zero-order valence-corrected chi connectivity index (χ0v) is 15.6. The standard InChI is InChI=1S/C20H17N3O4S/c21-19(25)18-13(8-10-28-18)11-16-12-23(20(26)27-16)15-6-4-14(5-7-15)22-9-2-1-3-17(22)24/h1-10,16H,11-12H2,(H2,21,25). The average Bonchev–Trinajstić information content (AvgIpc) is 3.29. The number of carbonyl (C=O) groups is 2. The van der Waals surface area contributed by atoms with Gasteiger partial charge in [0.2, 0.25) is 0 Å². The summed E-state index contributed by atoms with van der Waals surface area (Å²) >= 11 is 1.28. The Morgan fingerprint density at radius 3 is 2.57 bits per heavy atom. The van der Waals surface area contributed by atoms with Gasteiger partial charge in [0.05, 0.1) is 11.4 Å². The van der Waals surface area contributed by atoms with Crippen LogP contribution in [0.3, 0.4) is 0 Å². The maximum atomic E-state index is 12.3. The summed E-state index contributed by atoms with van der Waals surface area (Å²) in [6.45, 7) is 0.373. The van der Waals surface area contributed by atoms with Gasteiger partial charge in [0.15, 0.2) is 0 Å². The molecule has 0 saturated carbocycles. The van der Waals surface area contributed by atoms with E-state index in [1.807, 2.05) is 6.07 Å². The van der Waals surface area contributed by atoms with Crippen LogP contribution < -0.4 is 16.2 Å². The van der Waals surface area contributed by atoms with E-state index >= 15 is 0 Å². The number of thiophene rings is 1. The molecule has 1 aliphatic rings. The molecule has 28 heavy (non-hydrogen) atoms. The normalized spacial score (nSPS) is 16.2. The monoisotopic (exact) mass is 395 g/mol. The molecule has 1 fully saturated rings. The molecule has 1 saturated heterocycles. The lowest BCUT2D eigenvalue weighted by molar-refractivity contribution is 0.100. The average molecular weight is 395 g/mol. The van der Waals surface area contributed by atoms with Crippen LogP contribution in [0.5, 0.6) is 0 Å². The number of aromatic nitrogens is 1. The molecule has 142 valence electrons. The summed E-state index contributed by atoms with van der Waals surface area (Å²) in [4.78, 5) is 37.7. The fourth-order valence-corrected chi connectivity index (χ4v) is 4.02. The van der Waals surface area contributed by atoms with Crippen molar-refractivity contribution in [3.63, 3.8) is 0 Å². The molecule has 7 nitrogen and oxygen atoms in total. The van der Waals surface area contributed by atoms with Gasteiger partial charge < -0.3 is 10.5 Å². The van der Waals surface area contributed by atoms with E-state index in [4.69, 9.17) is 10.5 Å². The predicted molar refractivity (Wildman–Crippen MR) is 106 cm³/mol. The quantitative estimate of drug-likeness (QED) is 0.718. The molecule has 3 aromatic rings. The first-order valence-corrected chi connectivity index (χ1v) is 9.53. The van der Waals surface area contributed by atoms with Crippen LogP contribution in [0.1, 0.15) is 15.2 Å². The van der Waals surface area contributed by atoms with Gasteiger partial charge in [-0.1, -0.05) is 6.07 Å². The number of hydrogen-bond donors (Lipinski definition) is 1. The largest absolute Gasteiger partial charge is 0.444 e. The van der Waals surface area contributed by atoms with Crippen LogP contribution in [0.25, 0.3) is 5.69 Å². The van der Waals surface area contributed by atoms with Crippen LogP contribution in [0.15, 0.2) is 64.9 Å². The van der Waals surface area contributed by atoms with E-state index in [0.29, 0.717) is 29.2 Å². The molecule has 2 amide bonds. The predicted octanol–water partition coefficient (Wildman–Crippen LogP) is 2.57. The van der Waals surface area contributed by atoms with Crippen molar-refractivity contribution in [1.82, 2.24) is 4.57 Å². The van der Waals surface area contributed by atoms with Gasteiger partial charge in [0.25, 0.3) is 11.5 Å². The van der Waals surface area contributed by atoms with E-state index < -0.39 is 12.0 Å². The molecular weight excluding hydrogens is 378 g/mol. The molecule has 2 aromatic heterocycles. The van der Waals surface area contributed by atoms with Gasteiger partial charge in [-0.3, -0.25) is 19.1 Å². The molecule has 0 aliphatic carbocycles. The number of nitrogens with two attached hydrogens (primary N) is 1. The highest BCUT2D eigenvalue weighted by molar-refractivity contribution is 7.12. The number of anilines is 1. The van der Waals surface area contributed by atoms with E-state index in [0.717, 1.165) is 5.56 Å². The third kappa shape index (κ3) is 3.41. The molecule has 2 N–H and O–H groups in total. The third-order valence-corrected chi connectivity index (χ3v) is 5.53. The zero-order chi connectivity index (χ0) is 19.7. The van der Waals surface area contributed by atoms with Crippen LogP contribution in [-0.2, 0) is 11.2 Å². The molecule has 0 spiro atoms. The minimum absolute atomic E-state index is 0.128. The maximum absolute atomic E-state index is 12.3. The molecule has 1 atom stereocenters. The molecule has 4 rings (SSSR count). The van der Waals surface area contributed by atoms with Crippen LogP contribution in [0.4, 0.5) is 10.5 Å². The third-order valence-electron chi connectivity index (χ3n) is 4.55. The number of benzene rings is 1. The number of ether oxygens (including phenoxy) is 1. The van der Waals surface area contributed by atoms with Gasteiger partial charge in [-0.05, 0) is 47.3 Å². The smallest absolute Gasteiger partial charge is 0.414 e. The minimum Gasteiger partial charge on any atom is -0.444 e. The van der Waals surface area contributed by atoms with Crippen molar-refractivity contribution in [2.75, 3.05) is 11.4 Å². The number of cyclic esters (lactones) is 1. The number of nitrogens with zero attached hydrogens (tertiary/aromatic N) is 2. The molecule has 1 aliphatic heterocycles. The number of rotatable bonds is 5. The Bertz CT molecular complexity index is 1090. The van der Waals surface area contributed by atoms with Crippen molar-refractivity contribution < 1.29 is 14.3 Å². The lowest BCUT2D eigenvalue weighted by atomic mass is 10.1. The van der Waals surface area contributed by atoms with E-state index in [9.17, 15) is 14.4 Å². The van der Waals surface area contributed by atoms with Crippen molar-refractivity contribution in [2.45, 2.75) is 12.5 Å². The van der Waals surface area contributed by atoms with E-state index in [-0.39, 0.29) is 11.7 Å². The first-order chi connectivity index (χ1) is 13.5. The lowest BCUT2D eigenvalue weighted by Crippen LogP contribution is -2.25. The number of amides is 2. The van der Waals surface area contributed by atoms with E-state index in [2.05, 4.69) is 0 Å². The van der Waals surface area contributed by atoms with Crippen LogP contribution in [0.2, 0.25) is 0 Å². The number of primary amides is 1. The van der Waals surface area contributed by atoms with Gasteiger partial charge in [-0.15, -0.1) is 11.3 Å². The Hall–Kier alpha value is -3.39. The van der Waals surface area contributed by atoms with E-state index in [1.54, 1.807) is 52.9 Å².